The summed E-state index contributed by atoms with van der Waals surface area (Å²) in [5.41, 5.74) is 2.05. The lowest BCUT2D eigenvalue weighted by Crippen LogP contribution is -2.43. The van der Waals surface area contributed by atoms with Gasteiger partial charge in [-0.1, -0.05) is 11.2 Å². The summed E-state index contributed by atoms with van der Waals surface area (Å²) in [5.74, 6) is 1.52. The first-order valence-corrected chi connectivity index (χ1v) is 9.08. The smallest absolute Gasteiger partial charge is 0.266 e. The number of likely N-dealkylation sites (tertiary alicyclic amines) is 1. The Morgan fingerprint density at radius 3 is 2.85 bits per heavy atom. The van der Waals surface area contributed by atoms with E-state index in [1.807, 2.05) is 36.5 Å². The molecule has 1 saturated heterocycles. The van der Waals surface area contributed by atoms with Gasteiger partial charge in [-0.05, 0) is 31.4 Å². The minimum Gasteiger partial charge on any atom is -0.382 e. The number of imidazole rings is 1. The Morgan fingerprint density at radius 1 is 1.31 bits per heavy atom. The molecule has 7 heteroatoms. The second-order valence-corrected chi connectivity index (χ2v) is 7.00. The van der Waals surface area contributed by atoms with Crippen LogP contribution >= 0.6 is 0 Å². The number of carbonyl (C=O) groups is 1. The average Bonchev–Trinajstić information content (AvgIpc) is 3.31. The Labute approximate surface area is 152 Å². The Balaban J connectivity index is 1.37. The van der Waals surface area contributed by atoms with Crippen molar-refractivity contribution in [2.75, 3.05) is 13.1 Å². The maximum atomic E-state index is 12.5. The number of nitrogens with zero attached hydrogens (tertiary/aromatic N) is 5. The zero-order valence-electron chi connectivity index (χ0n) is 14.9. The van der Waals surface area contributed by atoms with Crippen molar-refractivity contribution < 1.29 is 9.63 Å². The fourth-order valence-electron chi connectivity index (χ4n) is 3.69. The monoisotopic (exact) mass is 353 g/mol. The number of hydrogen-bond donors (Lipinski definition) is 0. The first-order chi connectivity index (χ1) is 12.7. The largest absolute Gasteiger partial charge is 0.382 e. The summed E-state index contributed by atoms with van der Waals surface area (Å²) in [6.07, 6.45) is 9.56. The highest BCUT2D eigenvalue weighted by Crippen LogP contribution is 2.28. The lowest BCUT2D eigenvalue weighted by atomic mass is 9.95. The van der Waals surface area contributed by atoms with Crippen LogP contribution in [0.5, 0.6) is 0 Å². The highest BCUT2D eigenvalue weighted by molar-refractivity contribution is 5.91. The van der Waals surface area contributed by atoms with Crippen molar-refractivity contribution in [3.05, 3.63) is 48.3 Å². The molecule has 0 unspecified atom stereocenters. The molecule has 2 aromatic heterocycles. The molecular formula is C19H23N5O2. The van der Waals surface area contributed by atoms with Crippen LogP contribution < -0.4 is 0 Å². The van der Waals surface area contributed by atoms with E-state index < -0.39 is 6.10 Å². The molecule has 1 fully saturated rings. The van der Waals surface area contributed by atoms with Gasteiger partial charge < -0.3 is 14.3 Å². The number of rotatable bonds is 4. The van der Waals surface area contributed by atoms with E-state index in [1.165, 1.54) is 0 Å². The normalized spacial score (nSPS) is 20.7. The number of amides is 1. The third-order valence-electron chi connectivity index (χ3n) is 5.09. The minimum absolute atomic E-state index is 0.0581. The molecule has 4 rings (SSSR count). The summed E-state index contributed by atoms with van der Waals surface area (Å²) in [4.78, 5) is 28.5. The van der Waals surface area contributed by atoms with Gasteiger partial charge in [0.25, 0.3) is 5.91 Å². The van der Waals surface area contributed by atoms with Gasteiger partial charge in [0.2, 0.25) is 6.10 Å². The van der Waals surface area contributed by atoms with Crippen LogP contribution in [0.2, 0.25) is 0 Å². The van der Waals surface area contributed by atoms with Crippen LogP contribution in [0.15, 0.2) is 42.1 Å². The molecule has 1 atom stereocenters. The molecule has 1 amide bonds. The molecule has 0 saturated carbocycles. The van der Waals surface area contributed by atoms with E-state index in [0.717, 1.165) is 49.6 Å². The van der Waals surface area contributed by atoms with Crippen molar-refractivity contribution in [3.8, 4) is 0 Å². The van der Waals surface area contributed by atoms with Gasteiger partial charge >= 0.3 is 0 Å². The summed E-state index contributed by atoms with van der Waals surface area (Å²) in [5, 5.41) is 3.89. The number of aromatic nitrogens is 3. The molecule has 0 bridgehead atoms. The van der Waals surface area contributed by atoms with E-state index in [2.05, 4.69) is 25.8 Å². The van der Waals surface area contributed by atoms with E-state index in [0.29, 0.717) is 12.3 Å². The summed E-state index contributed by atoms with van der Waals surface area (Å²) in [7, 11) is 0. The average molecular weight is 353 g/mol. The van der Waals surface area contributed by atoms with Crippen molar-refractivity contribution in [2.24, 2.45) is 5.16 Å². The summed E-state index contributed by atoms with van der Waals surface area (Å²) < 4.78 is 2.19. The van der Waals surface area contributed by atoms with Crippen molar-refractivity contribution in [1.82, 2.24) is 19.4 Å². The van der Waals surface area contributed by atoms with E-state index in [1.54, 1.807) is 6.20 Å². The first-order valence-electron chi connectivity index (χ1n) is 9.08. The molecule has 2 aromatic rings. The molecule has 0 radical (unpaired) electrons. The van der Waals surface area contributed by atoms with Crippen molar-refractivity contribution in [3.63, 3.8) is 0 Å². The van der Waals surface area contributed by atoms with Crippen molar-refractivity contribution >= 4 is 11.6 Å². The maximum Gasteiger partial charge on any atom is 0.266 e. The molecule has 7 nitrogen and oxygen atoms in total. The third kappa shape index (κ3) is 3.47. The van der Waals surface area contributed by atoms with Crippen LogP contribution in [0.1, 0.15) is 43.5 Å². The van der Waals surface area contributed by atoms with Crippen LogP contribution in [-0.4, -0.2) is 50.2 Å². The Morgan fingerprint density at radius 2 is 2.15 bits per heavy atom. The summed E-state index contributed by atoms with van der Waals surface area (Å²) in [6.45, 7) is 4.14. The number of oxime groups is 1. The van der Waals surface area contributed by atoms with Crippen LogP contribution in [0, 0.1) is 0 Å². The third-order valence-corrected chi connectivity index (χ3v) is 5.09. The van der Waals surface area contributed by atoms with Crippen molar-refractivity contribution in [2.45, 2.75) is 44.8 Å². The van der Waals surface area contributed by atoms with E-state index in [-0.39, 0.29) is 5.91 Å². The minimum atomic E-state index is -0.431. The fourth-order valence-corrected chi connectivity index (χ4v) is 3.69. The second-order valence-electron chi connectivity index (χ2n) is 7.00. The number of hydrogen-bond acceptors (Lipinski definition) is 5. The molecule has 2 aliphatic rings. The van der Waals surface area contributed by atoms with Gasteiger partial charge in [0.1, 0.15) is 5.82 Å². The molecular weight excluding hydrogens is 330 g/mol. The van der Waals surface area contributed by atoms with Gasteiger partial charge in [-0.15, -0.1) is 0 Å². The lowest BCUT2D eigenvalue weighted by molar-refractivity contribution is -0.143. The zero-order valence-corrected chi connectivity index (χ0v) is 14.9. The molecule has 4 heterocycles. The molecule has 136 valence electrons. The number of carbonyl (C=O) groups excluding carboxylic acids is 1. The Bertz CT molecular complexity index is 793. The fraction of sp³-hybridized carbons (Fsp3) is 0.474. The highest BCUT2D eigenvalue weighted by Gasteiger charge is 2.33. The van der Waals surface area contributed by atoms with E-state index in [9.17, 15) is 4.79 Å². The summed E-state index contributed by atoms with van der Waals surface area (Å²) >= 11 is 0. The van der Waals surface area contributed by atoms with Crippen LogP contribution in [0.4, 0.5) is 0 Å². The maximum absolute atomic E-state index is 12.5. The highest BCUT2D eigenvalue weighted by atomic mass is 16.6. The predicted molar refractivity (Wildman–Crippen MR) is 96.7 cm³/mol. The van der Waals surface area contributed by atoms with Gasteiger partial charge in [-0.25, -0.2) is 4.98 Å². The molecule has 0 N–H and O–H groups in total. The predicted octanol–water partition coefficient (Wildman–Crippen LogP) is 2.20. The molecule has 2 aliphatic heterocycles. The molecule has 0 aromatic carbocycles. The van der Waals surface area contributed by atoms with Gasteiger partial charge in [0, 0.05) is 50.2 Å². The SMILES string of the molecule is CC1=NO[C@H](C(=O)N2CCC(c3nccn3Cc3cccnc3)CC2)C1. The van der Waals surface area contributed by atoms with Crippen LogP contribution in [-0.2, 0) is 16.2 Å². The van der Waals surface area contributed by atoms with E-state index in [4.69, 9.17) is 4.84 Å². The summed E-state index contributed by atoms with van der Waals surface area (Å²) in [6, 6.07) is 4.02. The molecule has 26 heavy (non-hydrogen) atoms. The Hall–Kier alpha value is -2.70. The quantitative estimate of drug-likeness (QED) is 0.845. The lowest BCUT2D eigenvalue weighted by Gasteiger charge is -2.32. The van der Waals surface area contributed by atoms with Gasteiger partial charge in [-0.3, -0.25) is 9.78 Å². The topological polar surface area (TPSA) is 72.6 Å². The second kappa shape index (κ2) is 7.27. The van der Waals surface area contributed by atoms with Crippen LogP contribution in [0.3, 0.4) is 0 Å². The first kappa shape index (κ1) is 16.8. The molecule has 0 spiro atoms. The number of piperidine rings is 1. The number of pyridine rings is 1. The standard InChI is InChI=1S/C19H23N5O2/c1-14-11-17(26-22-14)19(25)23-8-4-16(5-9-23)18-21-7-10-24(18)13-15-3-2-6-20-12-15/h2-3,6-7,10,12,16-17H,4-5,8-9,11,13H2,1H3/t17-/m0/s1. The van der Waals surface area contributed by atoms with Gasteiger partial charge in [0.05, 0.1) is 12.3 Å². The zero-order chi connectivity index (χ0) is 17.9. The van der Waals surface area contributed by atoms with E-state index >= 15 is 0 Å². The van der Waals surface area contributed by atoms with Crippen LogP contribution in [0.25, 0.3) is 0 Å². The van der Waals surface area contributed by atoms with Gasteiger partial charge in [0.15, 0.2) is 0 Å². The van der Waals surface area contributed by atoms with Gasteiger partial charge in [-0.2, -0.15) is 0 Å². The van der Waals surface area contributed by atoms with Crippen molar-refractivity contribution in [1.29, 1.82) is 0 Å². The molecule has 0 aliphatic carbocycles. The Kier molecular flexibility index (Phi) is 4.69.